The van der Waals surface area contributed by atoms with Crippen LogP contribution in [0.25, 0.3) is 0 Å². The first-order chi connectivity index (χ1) is 8.61. The zero-order valence-corrected chi connectivity index (χ0v) is 10.8. The number of amides is 1. The van der Waals surface area contributed by atoms with Crippen molar-refractivity contribution < 1.29 is 19.4 Å². The van der Waals surface area contributed by atoms with Gasteiger partial charge in [-0.05, 0) is 25.7 Å². The number of hydrogen-bond acceptors (Lipinski definition) is 3. The summed E-state index contributed by atoms with van der Waals surface area (Å²) in [6, 6.07) is 0. The second-order valence-electron chi connectivity index (χ2n) is 5.23. The number of carboxylic acid groups (broad SMARTS) is 1. The Labute approximate surface area is 107 Å². The monoisotopic (exact) mass is 255 g/mol. The van der Waals surface area contributed by atoms with Crippen LogP contribution >= 0.6 is 0 Å². The first-order valence-corrected chi connectivity index (χ1v) is 6.75. The van der Waals surface area contributed by atoms with Crippen molar-refractivity contribution in [1.29, 1.82) is 0 Å². The normalized spacial score (nSPS) is 32.5. The van der Waals surface area contributed by atoms with Gasteiger partial charge in [-0.2, -0.15) is 0 Å². The van der Waals surface area contributed by atoms with E-state index in [9.17, 15) is 9.59 Å². The van der Waals surface area contributed by atoms with E-state index >= 15 is 0 Å². The molecule has 0 aromatic carbocycles. The molecular weight excluding hydrogens is 234 g/mol. The Morgan fingerprint density at radius 3 is 2.67 bits per heavy atom. The lowest BCUT2D eigenvalue weighted by Crippen LogP contribution is -2.47. The Balaban J connectivity index is 1.89. The number of carbonyl (C=O) groups is 2. The fourth-order valence-corrected chi connectivity index (χ4v) is 2.85. The third-order valence-corrected chi connectivity index (χ3v) is 4.04. The molecule has 5 heteroatoms. The van der Waals surface area contributed by atoms with Crippen LogP contribution in [0, 0.1) is 11.8 Å². The molecule has 2 aliphatic rings. The maximum absolute atomic E-state index is 12.3. The molecule has 2 fully saturated rings. The topological polar surface area (TPSA) is 66.8 Å². The minimum atomic E-state index is -0.765. The molecule has 0 bridgehead atoms. The van der Waals surface area contributed by atoms with E-state index in [1.54, 1.807) is 0 Å². The van der Waals surface area contributed by atoms with Crippen molar-refractivity contribution in [2.24, 2.45) is 11.8 Å². The molecule has 2 rings (SSSR count). The number of morpholine rings is 1. The van der Waals surface area contributed by atoms with Crippen molar-refractivity contribution in [3.8, 4) is 0 Å². The van der Waals surface area contributed by atoms with Gasteiger partial charge in [0.25, 0.3) is 0 Å². The molecule has 1 amide bonds. The summed E-state index contributed by atoms with van der Waals surface area (Å²) in [5.41, 5.74) is 0. The van der Waals surface area contributed by atoms with Crippen LogP contribution in [0.4, 0.5) is 0 Å². The quantitative estimate of drug-likeness (QED) is 0.820. The number of carbonyl (C=O) groups excluding carboxylic acids is 1. The summed E-state index contributed by atoms with van der Waals surface area (Å²) in [5.74, 6) is -1.07. The van der Waals surface area contributed by atoms with Gasteiger partial charge in [0.05, 0.1) is 18.6 Å². The Bertz CT molecular complexity index is 331. The summed E-state index contributed by atoms with van der Waals surface area (Å²) in [7, 11) is 0. The average molecular weight is 255 g/mol. The molecule has 0 spiro atoms. The zero-order valence-electron chi connectivity index (χ0n) is 10.8. The second-order valence-corrected chi connectivity index (χ2v) is 5.23. The molecule has 0 aromatic heterocycles. The van der Waals surface area contributed by atoms with Crippen LogP contribution in [-0.2, 0) is 14.3 Å². The largest absolute Gasteiger partial charge is 0.481 e. The maximum atomic E-state index is 12.3. The second kappa shape index (κ2) is 5.69. The summed E-state index contributed by atoms with van der Waals surface area (Å²) < 4.78 is 5.54. The summed E-state index contributed by atoms with van der Waals surface area (Å²) in [6.07, 6.45) is 2.89. The predicted molar refractivity (Wildman–Crippen MR) is 65.1 cm³/mol. The lowest BCUT2D eigenvalue weighted by Gasteiger charge is -2.34. The maximum Gasteiger partial charge on any atom is 0.306 e. The first-order valence-electron chi connectivity index (χ1n) is 6.75. The van der Waals surface area contributed by atoms with Crippen molar-refractivity contribution in [1.82, 2.24) is 4.90 Å². The number of aliphatic carboxylic acids is 1. The van der Waals surface area contributed by atoms with Crippen molar-refractivity contribution in [2.45, 2.75) is 38.7 Å². The van der Waals surface area contributed by atoms with Crippen LogP contribution < -0.4 is 0 Å². The summed E-state index contributed by atoms with van der Waals surface area (Å²) >= 11 is 0. The SMILES string of the molecule is CCC1CN(C(=O)[C@@H]2CC[C@H](C(=O)O)C2)CCO1. The fraction of sp³-hybridized carbons (Fsp3) is 0.846. The van der Waals surface area contributed by atoms with E-state index in [-0.39, 0.29) is 23.8 Å². The molecule has 1 N–H and O–H groups in total. The van der Waals surface area contributed by atoms with Gasteiger partial charge in [0.15, 0.2) is 0 Å². The molecule has 1 aliphatic carbocycles. The molecule has 18 heavy (non-hydrogen) atoms. The van der Waals surface area contributed by atoms with Crippen LogP contribution in [0.15, 0.2) is 0 Å². The molecule has 1 saturated heterocycles. The number of nitrogens with zero attached hydrogens (tertiary/aromatic N) is 1. The highest BCUT2D eigenvalue weighted by Gasteiger charge is 2.36. The Hall–Kier alpha value is -1.10. The van der Waals surface area contributed by atoms with Gasteiger partial charge in [0.1, 0.15) is 0 Å². The first kappa shape index (κ1) is 13.3. The standard InChI is InChI=1S/C13H21NO4/c1-2-11-8-14(5-6-18-11)12(15)9-3-4-10(7-9)13(16)17/h9-11H,2-8H2,1H3,(H,16,17)/t9-,10+,11?/m1/s1. The van der Waals surface area contributed by atoms with Crippen molar-refractivity contribution in [2.75, 3.05) is 19.7 Å². The van der Waals surface area contributed by atoms with Gasteiger partial charge in [-0.3, -0.25) is 9.59 Å². The molecule has 0 radical (unpaired) electrons. The van der Waals surface area contributed by atoms with Crippen LogP contribution in [0.1, 0.15) is 32.6 Å². The third-order valence-electron chi connectivity index (χ3n) is 4.04. The van der Waals surface area contributed by atoms with Crippen LogP contribution in [0.3, 0.4) is 0 Å². The molecule has 1 aliphatic heterocycles. The molecule has 5 nitrogen and oxygen atoms in total. The highest BCUT2D eigenvalue weighted by molar-refractivity contribution is 5.81. The van der Waals surface area contributed by atoms with E-state index < -0.39 is 5.97 Å². The van der Waals surface area contributed by atoms with E-state index in [4.69, 9.17) is 9.84 Å². The zero-order chi connectivity index (χ0) is 13.1. The molecule has 0 aromatic rings. The minimum Gasteiger partial charge on any atom is -0.481 e. The average Bonchev–Trinajstić information content (AvgIpc) is 2.87. The van der Waals surface area contributed by atoms with Crippen LogP contribution in [0.5, 0.6) is 0 Å². The summed E-state index contributed by atoms with van der Waals surface area (Å²) in [5, 5.41) is 8.96. The summed E-state index contributed by atoms with van der Waals surface area (Å²) in [4.78, 5) is 25.1. The van der Waals surface area contributed by atoms with Crippen molar-refractivity contribution in [3.63, 3.8) is 0 Å². The lowest BCUT2D eigenvalue weighted by atomic mass is 10.0. The smallest absolute Gasteiger partial charge is 0.306 e. The molecule has 1 saturated carbocycles. The van der Waals surface area contributed by atoms with E-state index in [1.165, 1.54) is 0 Å². The number of carboxylic acids is 1. The molecule has 3 atom stereocenters. The number of hydrogen-bond donors (Lipinski definition) is 1. The van der Waals surface area contributed by atoms with Crippen LogP contribution in [-0.4, -0.2) is 47.7 Å². The van der Waals surface area contributed by atoms with E-state index in [0.29, 0.717) is 39.0 Å². The van der Waals surface area contributed by atoms with Gasteiger partial charge >= 0.3 is 5.97 Å². The third kappa shape index (κ3) is 2.83. The number of rotatable bonds is 3. The van der Waals surface area contributed by atoms with E-state index in [0.717, 1.165) is 6.42 Å². The fourth-order valence-electron chi connectivity index (χ4n) is 2.85. The van der Waals surface area contributed by atoms with Gasteiger partial charge in [-0.1, -0.05) is 6.92 Å². The predicted octanol–water partition coefficient (Wildman–Crippen LogP) is 1.12. The van der Waals surface area contributed by atoms with Gasteiger partial charge in [0, 0.05) is 19.0 Å². The van der Waals surface area contributed by atoms with Gasteiger partial charge in [-0.25, -0.2) is 0 Å². The van der Waals surface area contributed by atoms with E-state index in [1.807, 2.05) is 4.90 Å². The molecule has 1 heterocycles. The Morgan fingerprint density at radius 1 is 1.33 bits per heavy atom. The summed E-state index contributed by atoms with van der Waals surface area (Å²) in [6.45, 7) is 3.95. The highest BCUT2D eigenvalue weighted by Crippen LogP contribution is 2.32. The molecule has 102 valence electrons. The lowest BCUT2D eigenvalue weighted by molar-refractivity contribution is -0.144. The van der Waals surface area contributed by atoms with E-state index in [2.05, 4.69) is 6.92 Å². The number of ether oxygens (including phenoxy) is 1. The molecule has 1 unspecified atom stereocenters. The minimum absolute atomic E-state index is 0.0956. The molecular formula is C13H21NO4. The highest BCUT2D eigenvalue weighted by atomic mass is 16.5. The van der Waals surface area contributed by atoms with Crippen molar-refractivity contribution in [3.05, 3.63) is 0 Å². The Kier molecular flexibility index (Phi) is 4.22. The Morgan fingerprint density at radius 2 is 2.06 bits per heavy atom. The van der Waals surface area contributed by atoms with Gasteiger partial charge in [-0.15, -0.1) is 0 Å². The van der Waals surface area contributed by atoms with Crippen LogP contribution in [0.2, 0.25) is 0 Å². The van der Waals surface area contributed by atoms with Crippen molar-refractivity contribution >= 4 is 11.9 Å². The van der Waals surface area contributed by atoms with Gasteiger partial charge in [0.2, 0.25) is 5.91 Å². The van der Waals surface area contributed by atoms with Gasteiger partial charge < -0.3 is 14.7 Å².